The predicted molar refractivity (Wildman–Crippen MR) is 66.7 cm³/mol. The van der Waals surface area contributed by atoms with Gasteiger partial charge in [-0.1, -0.05) is 0 Å². The summed E-state index contributed by atoms with van der Waals surface area (Å²) < 4.78 is 38.3. The number of alkyl halides is 3. The molecule has 0 aliphatic carbocycles. The fourth-order valence-electron chi connectivity index (χ4n) is 1.92. The Morgan fingerprint density at radius 1 is 1.25 bits per heavy atom. The standard InChI is InChI=1S/C12H7F3N4O/c13-12(14,15)9-8(11(20)19-18-9)4-6-5-17-10-7(6)2-1-3-16-10/h1-5H,(H2,18,19,20)/b6-4+. The van der Waals surface area contributed by atoms with Gasteiger partial charge in [-0.25, -0.2) is 9.98 Å². The smallest absolute Gasteiger partial charge is 0.293 e. The van der Waals surface area contributed by atoms with Gasteiger partial charge in [-0.3, -0.25) is 15.0 Å². The molecule has 102 valence electrons. The van der Waals surface area contributed by atoms with E-state index in [-0.39, 0.29) is 0 Å². The molecule has 0 fully saturated rings. The molecule has 2 N–H and O–H groups in total. The molecule has 0 amide bonds. The van der Waals surface area contributed by atoms with Gasteiger partial charge < -0.3 is 0 Å². The Balaban J connectivity index is 2.14. The van der Waals surface area contributed by atoms with Crippen LogP contribution in [0.1, 0.15) is 16.8 Å². The normalized spacial score (nSPS) is 15.8. The molecule has 0 saturated carbocycles. The Morgan fingerprint density at radius 3 is 2.80 bits per heavy atom. The lowest BCUT2D eigenvalue weighted by Crippen LogP contribution is -2.10. The first-order chi connectivity index (χ1) is 9.47. The lowest BCUT2D eigenvalue weighted by Gasteiger charge is -2.04. The SMILES string of the molecule is O=c1[nH][nH]c(C(F)(F)F)c1/C=C1\C=Nc2ncccc21. The summed E-state index contributed by atoms with van der Waals surface area (Å²) in [6.07, 6.45) is -0.581. The predicted octanol–water partition coefficient (Wildman–Crippen LogP) is 2.37. The minimum Gasteiger partial charge on any atom is -0.293 e. The number of H-pyrrole nitrogens is 2. The average molecular weight is 280 g/mol. The van der Waals surface area contributed by atoms with Crippen LogP contribution in [0.15, 0.2) is 28.1 Å². The van der Waals surface area contributed by atoms with Gasteiger partial charge in [-0.05, 0) is 18.2 Å². The average Bonchev–Trinajstić information content (AvgIpc) is 2.95. The Bertz CT molecular complexity index is 782. The van der Waals surface area contributed by atoms with Crippen molar-refractivity contribution in [1.82, 2.24) is 15.2 Å². The van der Waals surface area contributed by atoms with E-state index in [1.807, 2.05) is 10.2 Å². The fraction of sp³-hybridized carbons (Fsp3) is 0.0833. The summed E-state index contributed by atoms with van der Waals surface area (Å²) in [6, 6.07) is 3.32. The maximum absolute atomic E-state index is 12.8. The Labute approximate surface area is 109 Å². The van der Waals surface area contributed by atoms with Crippen molar-refractivity contribution >= 4 is 23.7 Å². The number of aliphatic imine (C=N–C) groups is 1. The van der Waals surface area contributed by atoms with Gasteiger partial charge in [-0.15, -0.1) is 0 Å². The highest BCUT2D eigenvalue weighted by Crippen LogP contribution is 2.33. The Kier molecular flexibility index (Phi) is 2.60. The molecule has 5 nitrogen and oxygen atoms in total. The molecule has 20 heavy (non-hydrogen) atoms. The molecule has 1 aliphatic heterocycles. The number of hydrogen-bond acceptors (Lipinski definition) is 3. The van der Waals surface area contributed by atoms with Crippen LogP contribution in [-0.2, 0) is 6.18 Å². The zero-order valence-corrected chi connectivity index (χ0v) is 9.82. The van der Waals surface area contributed by atoms with Crippen LogP contribution < -0.4 is 5.56 Å². The lowest BCUT2D eigenvalue weighted by molar-refractivity contribution is -0.141. The molecule has 0 spiro atoms. The van der Waals surface area contributed by atoms with Gasteiger partial charge in [-0.2, -0.15) is 13.2 Å². The quantitative estimate of drug-likeness (QED) is 0.841. The molecular weight excluding hydrogens is 273 g/mol. The number of aromatic amines is 2. The van der Waals surface area contributed by atoms with Crippen LogP contribution >= 0.6 is 0 Å². The molecule has 1 aliphatic rings. The molecule has 3 rings (SSSR count). The minimum absolute atomic E-state index is 0.406. The molecule has 0 unspecified atom stereocenters. The van der Waals surface area contributed by atoms with Crippen molar-refractivity contribution in [2.45, 2.75) is 6.18 Å². The van der Waals surface area contributed by atoms with Crippen molar-refractivity contribution in [3.63, 3.8) is 0 Å². The lowest BCUT2D eigenvalue weighted by atomic mass is 10.1. The summed E-state index contributed by atoms with van der Waals surface area (Å²) in [7, 11) is 0. The molecule has 2 aromatic rings. The Morgan fingerprint density at radius 2 is 2.05 bits per heavy atom. The molecule has 0 saturated heterocycles. The van der Waals surface area contributed by atoms with E-state index in [2.05, 4.69) is 9.98 Å². The number of rotatable bonds is 1. The van der Waals surface area contributed by atoms with Crippen LogP contribution in [0.5, 0.6) is 0 Å². The van der Waals surface area contributed by atoms with Gasteiger partial charge in [0.15, 0.2) is 5.82 Å². The van der Waals surface area contributed by atoms with Gasteiger partial charge >= 0.3 is 6.18 Å². The number of nitrogens with zero attached hydrogens (tertiary/aromatic N) is 2. The van der Waals surface area contributed by atoms with Gasteiger partial charge in [0.25, 0.3) is 5.56 Å². The van der Waals surface area contributed by atoms with Gasteiger partial charge in [0, 0.05) is 23.5 Å². The number of halogens is 3. The summed E-state index contributed by atoms with van der Waals surface area (Å²) >= 11 is 0. The van der Waals surface area contributed by atoms with Crippen LogP contribution in [0.2, 0.25) is 0 Å². The molecule has 8 heteroatoms. The summed E-state index contributed by atoms with van der Waals surface area (Å²) in [6.45, 7) is 0. The van der Waals surface area contributed by atoms with E-state index in [1.54, 1.807) is 12.1 Å². The van der Waals surface area contributed by atoms with E-state index >= 15 is 0 Å². The minimum atomic E-state index is -4.64. The number of pyridine rings is 1. The van der Waals surface area contributed by atoms with Crippen LogP contribution in [-0.4, -0.2) is 21.4 Å². The van der Waals surface area contributed by atoms with Gasteiger partial charge in [0.1, 0.15) is 5.69 Å². The highest BCUT2D eigenvalue weighted by Gasteiger charge is 2.36. The zero-order valence-electron chi connectivity index (χ0n) is 9.82. The summed E-state index contributed by atoms with van der Waals surface area (Å²) in [4.78, 5) is 19.4. The van der Waals surface area contributed by atoms with Crippen molar-refractivity contribution in [3.8, 4) is 0 Å². The molecular formula is C12H7F3N4O. The second-order valence-corrected chi connectivity index (χ2v) is 4.10. The third kappa shape index (κ3) is 1.94. The summed E-state index contributed by atoms with van der Waals surface area (Å²) in [5.41, 5.74) is -1.43. The van der Waals surface area contributed by atoms with E-state index in [9.17, 15) is 18.0 Å². The number of allylic oxidation sites excluding steroid dienone is 1. The maximum Gasteiger partial charge on any atom is 0.433 e. The van der Waals surface area contributed by atoms with Gasteiger partial charge in [0.2, 0.25) is 0 Å². The first-order valence-electron chi connectivity index (χ1n) is 5.56. The van der Waals surface area contributed by atoms with E-state index in [4.69, 9.17) is 0 Å². The topological polar surface area (TPSA) is 73.9 Å². The molecule has 0 aromatic carbocycles. The van der Waals surface area contributed by atoms with Crippen molar-refractivity contribution in [2.75, 3.05) is 0 Å². The number of aromatic nitrogens is 3. The van der Waals surface area contributed by atoms with E-state index in [0.29, 0.717) is 17.0 Å². The highest BCUT2D eigenvalue weighted by atomic mass is 19.4. The number of hydrogen-bond donors (Lipinski definition) is 2. The molecule has 0 bridgehead atoms. The third-order valence-electron chi connectivity index (χ3n) is 2.82. The van der Waals surface area contributed by atoms with Crippen molar-refractivity contribution in [3.05, 3.63) is 45.5 Å². The maximum atomic E-state index is 12.8. The van der Waals surface area contributed by atoms with Crippen LogP contribution in [0, 0.1) is 0 Å². The van der Waals surface area contributed by atoms with Crippen molar-refractivity contribution in [2.24, 2.45) is 4.99 Å². The largest absolute Gasteiger partial charge is 0.433 e. The van der Waals surface area contributed by atoms with E-state index in [1.165, 1.54) is 12.4 Å². The molecule has 0 atom stereocenters. The number of nitrogens with one attached hydrogen (secondary N) is 2. The van der Waals surface area contributed by atoms with Crippen molar-refractivity contribution in [1.29, 1.82) is 0 Å². The second kappa shape index (κ2) is 4.19. The summed E-state index contributed by atoms with van der Waals surface area (Å²) in [5, 5.41) is 3.78. The first-order valence-corrected chi connectivity index (χ1v) is 5.56. The first kappa shape index (κ1) is 12.4. The third-order valence-corrected chi connectivity index (χ3v) is 2.82. The van der Waals surface area contributed by atoms with Gasteiger partial charge in [0.05, 0.1) is 5.56 Å². The van der Waals surface area contributed by atoms with Crippen LogP contribution in [0.3, 0.4) is 0 Å². The van der Waals surface area contributed by atoms with Crippen LogP contribution in [0.25, 0.3) is 11.6 Å². The van der Waals surface area contributed by atoms with E-state index in [0.717, 1.165) is 6.08 Å². The summed E-state index contributed by atoms with van der Waals surface area (Å²) in [5.74, 6) is 0.416. The molecule has 0 radical (unpaired) electrons. The molecule has 3 heterocycles. The van der Waals surface area contributed by atoms with E-state index < -0.39 is 23.0 Å². The zero-order chi connectivity index (χ0) is 14.3. The monoisotopic (exact) mass is 280 g/mol. The fourth-order valence-corrected chi connectivity index (χ4v) is 1.92. The van der Waals surface area contributed by atoms with Crippen LogP contribution in [0.4, 0.5) is 19.0 Å². The number of fused-ring (bicyclic) bond motifs is 1. The molecule has 2 aromatic heterocycles. The Hall–Kier alpha value is -2.64. The highest BCUT2D eigenvalue weighted by molar-refractivity contribution is 6.20. The second-order valence-electron chi connectivity index (χ2n) is 4.10. The van der Waals surface area contributed by atoms with Crippen molar-refractivity contribution < 1.29 is 13.2 Å².